The molecule has 2 rings (SSSR count). The standard InChI is InChI=1S/C17H33N3O/c1-19-11-8-14-9-12-20(13-10-14)17(21)15-6-4-2-3-5-7-16(15)18/h14-16,19H,2-13,18H2,1H3. The van der Waals surface area contributed by atoms with Crippen molar-refractivity contribution in [3.8, 4) is 0 Å². The van der Waals surface area contributed by atoms with Gasteiger partial charge in [0.25, 0.3) is 0 Å². The van der Waals surface area contributed by atoms with Crippen molar-refractivity contribution < 1.29 is 4.79 Å². The van der Waals surface area contributed by atoms with Gasteiger partial charge in [0.05, 0.1) is 5.92 Å². The number of piperidine rings is 1. The third-order valence-electron chi connectivity index (χ3n) is 5.37. The summed E-state index contributed by atoms with van der Waals surface area (Å²) in [5.74, 6) is 1.21. The zero-order chi connectivity index (χ0) is 15.1. The molecule has 0 aromatic carbocycles. The van der Waals surface area contributed by atoms with Gasteiger partial charge in [0.2, 0.25) is 5.91 Å². The number of nitrogens with zero attached hydrogens (tertiary/aromatic N) is 1. The summed E-state index contributed by atoms with van der Waals surface area (Å²) in [6, 6.07) is 0.0832. The number of rotatable bonds is 4. The largest absolute Gasteiger partial charge is 0.342 e. The number of nitrogens with two attached hydrogens (primary N) is 1. The minimum Gasteiger partial charge on any atom is -0.342 e. The van der Waals surface area contributed by atoms with Crippen LogP contribution in [0.5, 0.6) is 0 Å². The van der Waals surface area contributed by atoms with E-state index in [1.807, 2.05) is 7.05 Å². The van der Waals surface area contributed by atoms with Crippen LogP contribution in [0.25, 0.3) is 0 Å². The third kappa shape index (κ3) is 4.96. The highest BCUT2D eigenvalue weighted by Crippen LogP contribution is 2.26. The Hall–Kier alpha value is -0.610. The van der Waals surface area contributed by atoms with Crippen LogP contribution >= 0.6 is 0 Å². The maximum atomic E-state index is 12.8. The monoisotopic (exact) mass is 295 g/mol. The lowest BCUT2D eigenvalue weighted by Gasteiger charge is -2.36. The maximum Gasteiger partial charge on any atom is 0.227 e. The van der Waals surface area contributed by atoms with Gasteiger partial charge in [-0.2, -0.15) is 0 Å². The van der Waals surface area contributed by atoms with E-state index in [9.17, 15) is 4.79 Å². The molecule has 0 aromatic rings. The van der Waals surface area contributed by atoms with Crippen molar-refractivity contribution in [1.82, 2.24) is 10.2 Å². The summed E-state index contributed by atoms with van der Waals surface area (Å²) in [6.07, 6.45) is 10.5. The molecule has 1 heterocycles. The van der Waals surface area contributed by atoms with Crippen LogP contribution in [0.15, 0.2) is 0 Å². The van der Waals surface area contributed by atoms with Crippen LogP contribution in [0.2, 0.25) is 0 Å². The quantitative estimate of drug-likeness (QED) is 0.835. The second kappa shape index (κ2) is 8.74. The molecule has 2 fully saturated rings. The van der Waals surface area contributed by atoms with Crippen LogP contribution in [0, 0.1) is 11.8 Å². The summed E-state index contributed by atoms with van der Waals surface area (Å²) in [5.41, 5.74) is 6.29. The fourth-order valence-corrected chi connectivity index (χ4v) is 3.84. The number of hydrogen-bond donors (Lipinski definition) is 2. The van der Waals surface area contributed by atoms with Crippen LogP contribution in [0.1, 0.15) is 57.8 Å². The van der Waals surface area contributed by atoms with Gasteiger partial charge in [-0.25, -0.2) is 0 Å². The lowest BCUT2D eigenvalue weighted by Crippen LogP contribution is -2.47. The van der Waals surface area contributed by atoms with Crippen molar-refractivity contribution in [2.24, 2.45) is 17.6 Å². The van der Waals surface area contributed by atoms with Crippen LogP contribution in [0.4, 0.5) is 0 Å². The van der Waals surface area contributed by atoms with Gasteiger partial charge >= 0.3 is 0 Å². The first-order valence-electron chi connectivity index (χ1n) is 8.91. The van der Waals surface area contributed by atoms with Gasteiger partial charge < -0.3 is 16.0 Å². The molecule has 1 saturated carbocycles. The molecule has 2 unspecified atom stereocenters. The lowest BCUT2D eigenvalue weighted by atomic mass is 9.85. The Morgan fingerprint density at radius 3 is 2.43 bits per heavy atom. The molecule has 1 aliphatic heterocycles. The van der Waals surface area contributed by atoms with Gasteiger partial charge in [-0.1, -0.05) is 25.7 Å². The second-order valence-corrected chi connectivity index (χ2v) is 6.92. The van der Waals surface area contributed by atoms with E-state index >= 15 is 0 Å². The van der Waals surface area contributed by atoms with Gasteiger partial charge in [0.1, 0.15) is 0 Å². The van der Waals surface area contributed by atoms with E-state index in [0.29, 0.717) is 5.91 Å². The molecule has 2 aliphatic rings. The molecule has 0 aromatic heterocycles. The first-order valence-corrected chi connectivity index (χ1v) is 8.91. The van der Waals surface area contributed by atoms with Crippen molar-refractivity contribution in [3.63, 3.8) is 0 Å². The molecule has 3 N–H and O–H groups in total. The Labute approximate surface area is 129 Å². The lowest BCUT2D eigenvalue weighted by molar-refractivity contribution is -0.138. The summed E-state index contributed by atoms with van der Waals surface area (Å²) in [4.78, 5) is 14.9. The number of amides is 1. The molecule has 1 aliphatic carbocycles. The van der Waals surface area contributed by atoms with E-state index in [4.69, 9.17) is 5.73 Å². The van der Waals surface area contributed by atoms with Gasteiger partial charge in [-0.05, 0) is 51.6 Å². The van der Waals surface area contributed by atoms with Crippen LogP contribution in [0.3, 0.4) is 0 Å². The number of nitrogens with one attached hydrogen (secondary N) is 1. The topological polar surface area (TPSA) is 58.4 Å². The van der Waals surface area contributed by atoms with Crippen LogP contribution in [-0.4, -0.2) is 43.5 Å². The van der Waals surface area contributed by atoms with Crippen LogP contribution < -0.4 is 11.1 Å². The Balaban J connectivity index is 1.82. The molecular formula is C17H33N3O. The molecule has 2 atom stereocenters. The Bertz CT molecular complexity index is 313. The van der Waals surface area contributed by atoms with Gasteiger partial charge in [-0.15, -0.1) is 0 Å². The van der Waals surface area contributed by atoms with Gasteiger partial charge in [0.15, 0.2) is 0 Å². The van der Waals surface area contributed by atoms with Crippen molar-refractivity contribution >= 4 is 5.91 Å². The molecular weight excluding hydrogens is 262 g/mol. The third-order valence-corrected chi connectivity index (χ3v) is 5.37. The van der Waals surface area contributed by atoms with E-state index < -0.39 is 0 Å². The van der Waals surface area contributed by atoms with Crippen molar-refractivity contribution in [3.05, 3.63) is 0 Å². The van der Waals surface area contributed by atoms with Crippen LogP contribution in [-0.2, 0) is 4.79 Å². The maximum absolute atomic E-state index is 12.8. The number of carbonyl (C=O) groups is 1. The zero-order valence-corrected chi connectivity index (χ0v) is 13.7. The summed E-state index contributed by atoms with van der Waals surface area (Å²) in [6.45, 7) is 2.97. The molecule has 0 radical (unpaired) electrons. The van der Waals surface area contributed by atoms with Crippen molar-refractivity contribution in [1.29, 1.82) is 0 Å². The fourth-order valence-electron chi connectivity index (χ4n) is 3.84. The van der Waals surface area contributed by atoms with Gasteiger partial charge in [-0.3, -0.25) is 4.79 Å². The normalized spacial score (nSPS) is 29.0. The SMILES string of the molecule is CNCCC1CCN(C(=O)C2CCCCCCC2N)CC1. The summed E-state index contributed by atoms with van der Waals surface area (Å²) >= 11 is 0. The predicted molar refractivity (Wildman–Crippen MR) is 87.0 cm³/mol. The smallest absolute Gasteiger partial charge is 0.227 e. The zero-order valence-electron chi connectivity index (χ0n) is 13.7. The van der Waals surface area contributed by atoms with E-state index in [-0.39, 0.29) is 12.0 Å². The summed E-state index contributed by atoms with van der Waals surface area (Å²) in [7, 11) is 2.01. The molecule has 4 nitrogen and oxygen atoms in total. The van der Waals surface area contributed by atoms with E-state index in [1.165, 1.54) is 32.1 Å². The minimum absolute atomic E-state index is 0.0826. The number of hydrogen-bond acceptors (Lipinski definition) is 3. The Morgan fingerprint density at radius 2 is 1.76 bits per heavy atom. The molecule has 122 valence electrons. The highest BCUT2D eigenvalue weighted by molar-refractivity contribution is 5.79. The molecule has 4 heteroatoms. The van der Waals surface area contributed by atoms with E-state index in [2.05, 4.69) is 10.2 Å². The highest BCUT2D eigenvalue weighted by Gasteiger charge is 2.31. The molecule has 21 heavy (non-hydrogen) atoms. The van der Waals surface area contributed by atoms with E-state index in [1.54, 1.807) is 0 Å². The number of carbonyl (C=O) groups excluding carboxylic acids is 1. The second-order valence-electron chi connectivity index (χ2n) is 6.92. The Kier molecular flexibility index (Phi) is 6.97. The van der Waals surface area contributed by atoms with E-state index in [0.717, 1.165) is 51.2 Å². The first-order chi connectivity index (χ1) is 10.2. The first kappa shape index (κ1) is 16.8. The number of likely N-dealkylation sites (tertiary alicyclic amines) is 1. The summed E-state index contributed by atoms with van der Waals surface area (Å²) in [5, 5.41) is 3.22. The molecule has 1 saturated heterocycles. The van der Waals surface area contributed by atoms with Gasteiger partial charge in [0, 0.05) is 19.1 Å². The average molecular weight is 295 g/mol. The molecule has 1 amide bonds. The highest BCUT2D eigenvalue weighted by atomic mass is 16.2. The van der Waals surface area contributed by atoms with Crippen molar-refractivity contribution in [2.45, 2.75) is 63.8 Å². The average Bonchev–Trinajstić information content (AvgIpc) is 2.49. The fraction of sp³-hybridized carbons (Fsp3) is 0.941. The Morgan fingerprint density at radius 1 is 1.10 bits per heavy atom. The molecule has 0 spiro atoms. The summed E-state index contributed by atoms with van der Waals surface area (Å²) < 4.78 is 0. The van der Waals surface area contributed by atoms with Crippen molar-refractivity contribution in [2.75, 3.05) is 26.7 Å². The predicted octanol–water partition coefficient (Wildman–Crippen LogP) is 2.13. The molecule has 0 bridgehead atoms. The minimum atomic E-state index is 0.0826.